The van der Waals surface area contributed by atoms with Crippen LogP contribution in [0.3, 0.4) is 0 Å². The zero-order valence-corrected chi connectivity index (χ0v) is 15.4. The lowest BCUT2D eigenvalue weighted by Crippen LogP contribution is -2.19. The summed E-state index contributed by atoms with van der Waals surface area (Å²) in [6.07, 6.45) is 2.19. The molecule has 0 fully saturated rings. The molecule has 0 radical (unpaired) electrons. The van der Waals surface area contributed by atoms with E-state index in [0.29, 0.717) is 12.0 Å². The number of nitrogens with zero attached hydrogens (tertiary/aromatic N) is 1. The maximum absolute atomic E-state index is 13.2. The second-order valence-electron chi connectivity index (χ2n) is 7.75. The Morgan fingerprint density at radius 1 is 0.963 bits per heavy atom. The van der Waals surface area contributed by atoms with Gasteiger partial charge in [-0.05, 0) is 36.0 Å². The molecule has 0 saturated heterocycles. The van der Waals surface area contributed by atoms with Gasteiger partial charge in [0.05, 0.1) is 16.8 Å². The van der Waals surface area contributed by atoms with E-state index < -0.39 is 0 Å². The predicted molar refractivity (Wildman–Crippen MR) is 107 cm³/mol. The van der Waals surface area contributed by atoms with Gasteiger partial charge in [0.2, 0.25) is 0 Å². The Kier molecular flexibility index (Phi) is 3.64. The first-order valence-electron chi connectivity index (χ1n) is 9.61. The van der Waals surface area contributed by atoms with Crippen LogP contribution in [0.1, 0.15) is 41.4 Å². The molecule has 0 aliphatic heterocycles. The van der Waals surface area contributed by atoms with Gasteiger partial charge in [0.1, 0.15) is 0 Å². The predicted octanol–water partition coefficient (Wildman–Crippen LogP) is 4.83. The standard InChI is InChI=1S/C24H21NO2/c1-15-13-18-21(20(26)14-15)24(27)22-17-9-5-6-10-19(17)25(23(18)22)12-11-16-7-3-2-4-8-16/h2-10,15H,11-14H2,1H3. The summed E-state index contributed by atoms with van der Waals surface area (Å²) in [6.45, 7) is 2.90. The van der Waals surface area contributed by atoms with Gasteiger partial charge in [-0.3, -0.25) is 9.59 Å². The molecule has 0 amide bonds. The molecule has 3 heteroatoms. The summed E-state index contributed by atoms with van der Waals surface area (Å²) in [5.41, 5.74) is 5.53. The van der Waals surface area contributed by atoms with E-state index in [-0.39, 0.29) is 17.5 Å². The van der Waals surface area contributed by atoms with Crippen LogP contribution in [0.15, 0.2) is 60.2 Å². The summed E-state index contributed by atoms with van der Waals surface area (Å²) in [7, 11) is 0. The summed E-state index contributed by atoms with van der Waals surface area (Å²) >= 11 is 0. The normalized spacial score (nSPS) is 18.9. The molecule has 1 atom stereocenters. The summed E-state index contributed by atoms with van der Waals surface area (Å²) in [5, 5.41) is 0.973. The van der Waals surface area contributed by atoms with Gasteiger partial charge in [0, 0.05) is 23.9 Å². The second-order valence-corrected chi connectivity index (χ2v) is 7.75. The number of aromatic nitrogens is 1. The zero-order valence-electron chi connectivity index (χ0n) is 15.4. The first-order chi connectivity index (χ1) is 13.1. The number of hydrogen-bond acceptors (Lipinski definition) is 2. The van der Waals surface area contributed by atoms with Crippen LogP contribution in [-0.4, -0.2) is 16.1 Å². The topological polar surface area (TPSA) is 39.1 Å². The number of ketones is 2. The molecular weight excluding hydrogens is 334 g/mol. The van der Waals surface area contributed by atoms with E-state index in [1.807, 2.05) is 24.3 Å². The minimum Gasteiger partial charge on any atom is -0.340 e. The Hall–Kier alpha value is -2.94. The van der Waals surface area contributed by atoms with Crippen LogP contribution in [0.25, 0.3) is 16.5 Å². The molecule has 27 heavy (non-hydrogen) atoms. The van der Waals surface area contributed by atoms with Crippen molar-refractivity contribution in [2.75, 3.05) is 0 Å². The Bertz CT molecular complexity index is 1120. The van der Waals surface area contributed by atoms with Gasteiger partial charge in [-0.2, -0.15) is 0 Å². The average Bonchev–Trinajstić information content (AvgIpc) is 3.14. The number of carbonyl (C=O) groups excluding carboxylic acids is 2. The summed E-state index contributed by atoms with van der Waals surface area (Å²) < 4.78 is 2.27. The van der Waals surface area contributed by atoms with E-state index in [1.165, 1.54) is 5.56 Å². The van der Waals surface area contributed by atoms with Gasteiger partial charge >= 0.3 is 0 Å². The molecule has 1 heterocycles. The SMILES string of the molecule is CC1CC(=O)C2=C(C1)c1c(c3ccccc3n1CCc1ccccc1)C2=O. The number of benzene rings is 2. The van der Waals surface area contributed by atoms with E-state index in [9.17, 15) is 9.59 Å². The van der Waals surface area contributed by atoms with Crippen molar-refractivity contribution in [2.24, 2.45) is 5.92 Å². The highest BCUT2D eigenvalue weighted by Crippen LogP contribution is 2.45. The number of fused-ring (bicyclic) bond motifs is 4. The highest BCUT2D eigenvalue weighted by Gasteiger charge is 2.41. The van der Waals surface area contributed by atoms with Crippen LogP contribution in [0, 0.1) is 5.92 Å². The lowest BCUT2D eigenvalue weighted by atomic mass is 9.84. The first kappa shape index (κ1) is 16.2. The maximum Gasteiger partial charge on any atom is 0.199 e. The minimum atomic E-state index is -0.0634. The third-order valence-electron chi connectivity index (χ3n) is 5.84. The summed E-state index contributed by atoms with van der Waals surface area (Å²) in [6, 6.07) is 18.5. The fourth-order valence-corrected chi connectivity index (χ4v) is 4.68. The number of allylic oxidation sites excluding steroid dienone is 2. The number of carbonyl (C=O) groups is 2. The fraction of sp³-hybridized carbons (Fsp3) is 0.250. The lowest BCUT2D eigenvalue weighted by molar-refractivity contribution is -0.116. The Balaban J connectivity index is 1.68. The van der Waals surface area contributed by atoms with Crippen LogP contribution >= 0.6 is 0 Å². The van der Waals surface area contributed by atoms with Crippen molar-refractivity contribution in [3.63, 3.8) is 0 Å². The third kappa shape index (κ3) is 2.42. The Morgan fingerprint density at radius 3 is 2.52 bits per heavy atom. The van der Waals surface area contributed by atoms with Crippen LogP contribution in [0.4, 0.5) is 0 Å². The van der Waals surface area contributed by atoms with Crippen molar-refractivity contribution >= 4 is 28.0 Å². The summed E-state index contributed by atoms with van der Waals surface area (Å²) in [4.78, 5) is 25.8. The number of rotatable bonds is 3. The minimum absolute atomic E-state index is 0.0173. The average molecular weight is 355 g/mol. The molecule has 3 nitrogen and oxygen atoms in total. The van der Waals surface area contributed by atoms with E-state index in [0.717, 1.165) is 47.1 Å². The van der Waals surface area contributed by atoms with Crippen molar-refractivity contribution in [3.8, 4) is 0 Å². The van der Waals surface area contributed by atoms with Crippen LogP contribution in [0.5, 0.6) is 0 Å². The van der Waals surface area contributed by atoms with Gasteiger partial charge < -0.3 is 4.57 Å². The van der Waals surface area contributed by atoms with Crippen molar-refractivity contribution in [1.82, 2.24) is 4.57 Å². The molecule has 0 saturated carbocycles. The molecule has 1 aromatic heterocycles. The van der Waals surface area contributed by atoms with Crippen molar-refractivity contribution in [3.05, 3.63) is 77.0 Å². The molecule has 0 N–H and O–H groups in total. The van der Waals surface area contributed by atoms with Gasteiger partial charge in [-0.15, -0.1) is 0 Å². The molecule has 2 aromatic carbocycles. The van der Waals surface area contributed by atoms with Crippen LogP contribution < -0.4 is 0 Å². The van der Waals surface area contributed by atoms with E-state index in [2.05, 4.69) is 41.8 Å². The molecule has 3 aromatic rings. The molecule has 0 spiro atoms. The molecule has 1 unspecified atom stereocenters. The van der Waals surface area contributed by atoms with Crippen molar-refractivity contribution < 1.29 is 9.59 Å². The number of hydrogen-bond donors (Lipinski definition) is 0. The highest BCUT2D eigenvalue weighted by molar-refractivity contribution is 6.38. The zero-order chi connectivity index (χ0) is 18.5. The number of Topliss-reactive ketones (excluding diaryl/α,β-unsaturated/α-hetero) is 2. The molecule has 134 valence electrons. The van der Waals surface area contributed by atoms with Crippen molar-refractivity contribution in [2.45, 2.75) is 32.7 Å². The fourth-order valence-electron chi connectivity index (χ4n) is 4.68. The number of para-hydroxylation sites is 1. The Morgan fingerprint density at radius 2 is 1.70 bits per heavy atom. The van der Waals surface area contributed by atoms with Gasteiger partial charge in [-0.25, -0.2) is 0 Å². The smallest absolute Gasteiger partial charge is 0.199 e. The van der Waals surface area contributed by atoms with Crippen molar-refractivity contribution in [1.29, 1.82) is 0 Å². The molecule has 0 bridgehead atoms. The monoisotopic (exact) mass is 355 g/mol. The van der Waals surface area contributed by atoms with Gasteiger partial charge in [0.25, 0.3) is 0 Å². The van der Waals surface area contributed by atoms with E-state index in [1.54, 1.807) is 0 Å². The first-order valence-corrected chi connectivity index (χ1v) is 9.61. The molecule has 2 aliphatic carbocycles. The van der Waals surface area contributed by atoms with Crippen LogP contribution in [-0.2, 0) is 17.8 Å². The van der Waals surface area contributed by atoms with Gasteiger partial charge in [0.15, 0.2) is 11.6 Å². The van der Waals surface area contributed by atoms with E-state index in [4.69, 9.17) is 0 Å². The van der Waals surface area contributed by atoms with Gasteiger partial charge in [-0.1, -0.05) is 55.5 Å². The second kappa shape index (κ2) is 6.05. The van der Waals surface area contributed by atoms with E-state index >= 15 is 0 Å². The largest absolute Gasteiger partial charge is 0.340 e. The Labute approximate surface area is 158 Å². The maximum atomic E-state index is 13.2. The molecule has 2 aliphatic rings. The lowest BCUT2D eigenvalue weighted by Gasteiger charge is -2.21. The van der Waals surface area contributed by atoms with Crippen LogP contribution in [0.2, 0.25) is 0 Å². The molecular formula is C24H21NO2. The quantitative estimate of drug-likeness (QED) is 0.631. The molecule has 5 rings (SSSR count). The number of aryl methyl sites for hydroxylation is 2. The third-order valence-corrected chi connectivity index (χ3v) is 5.84. The highest BCUT2D eigenvalue weighted by atomic mass is 16.1. The summed E-state index contributed by atoms with van der Waals surface area (Å²) in [5.74, 6) is 0.241.